The normalized spacial score (nSPS) is 16.5. The number of amides is 1. The zero-order valence-corrected chi connectivity index (χ0v) is 16.7. The summed E-state index contributed by atoms with van der Waals surface area (Å²) in [6.45, 7) is 5.78. The predicted molar refractivity (Wildman–Crippen MR) is 107 cm³/mol. The third kappa shape index (κ3) is 4.36. The monoisotopic (exact) mass is 399 g/mol. The molecule has 0 radical (unpaired) electrons. The second-order valence-electron chi connectivity index (χ2n) is 6.33. The summed E-state index contributed by atoms with van der Waals surface area (Å²) in [5.41, 5.74) is 1.29. The number of carbonyl (C=O) groups is 3. The summed E-state index contributed by atoms with van der Waals surface area (Å²) < 4.78 is 10.7. The van der Waals surface area contributed by atoms with Crippen LogP contribution in [0, 0.1) is 0 Å². The Morgan fingerprint density at radius 3 is 2.50 bits per heavy atom. The van der Waals surface area contributed by atoms with Crippen molar-refractivity contribution >= 4 is 35.1 Å². The molecule has 0 aliphatic carbocycles. The summed E-state index contributed by atoms with van der Waals surface area (Å²) in [6, 6.07) is 11.7. The fraction of sp³-hybridized carbons (Fsp3) is 0.286. The van der Waals surface area contributed by atoms with Crippen LogP contribution >= 0.6 is 11.8 Å². The molecule has 0 saturated carbocycles. The van der Waals surface area contributed by atoms with E-state index >= 15 is 0 Å². The van der Waals surface area contributed by atoms with Crippen molar-refractivity contribution in [1.29, 1.82) is 0 Å². The minimum atomic E-state index is -0.939. The van der Waals surface area contributed by atoms with Crippen LogP contribution in [0.4, 0.5) is 5.69 Å². The van der Waals surface area contributed by atoms with Crippen LogP contribution in [-0.2, 0) is 9.53 Å². The smallest absolute Gasteiger partial charge is 0.338 e. The highest BCUT2D eigenvalue weighted by Crippen LogP contribution is 2.36. The van der Waals surface area contributed by atoms with Crippen LogP contribution in [-0.4, -0.2) is 35.6 Å². The van der Waals surface area contributed by atoms with Gasteiger partial charge in [-0.15, -0.1) is 11.8 Å². The number of carbonyl (C=O) groups excluding carboxylic acids is 3. The molecule has 28 heavy (non-hydrogen) atoms. The standard InChI is InChI=1S/C21H21NO5S/c1-4-26-16-8-5-14(6-9-16)19(23)12(2)27-21(25)15-7-10-18-17(11-15)22-20(24)13(3)28-18/h5-13H,4H2,1-3H3,(H,22,24)/t12-,13+/m1/s1. The highest BCUT2D eigenvalue weighted by molar-refractivity contribution is 8.00. The van der Waals surface area contributed by atoms with Crippen molar-refractivity contribution in [3.8, 4) is 5.75 Å². The van der Waals surface area contributed by atoms with Gasteiger partial charge in [-0.1, -0.05) is 0 Å². The minimum absolute atomic E-state index is 0.109. The number of benzene rings is 2. The van der Waals surface area contributed by atoms with Gasteiger partial charge in [0, 0.05) is 10.5 Å². The lowest BCUT2D eigenvalue weighted by Gasteiger charge is -2.21. The number of ether oxygens (including phenoxy) is 2. The molecule has 146 valence electrons. The molecule has 3 rings (SSSR count). The lowest BCUT2D eigenvalue weighted by atomic mass is 10.1. The number of esters is 1. The summed E-state index contributed by atoms with van der Waals surface area (Å²) in [5, 5.41) is 2.59. The number of ketones is 1. The van der Waals surface area contributed by atoms with Crippen molar-refractivity contribution in [1.82, 2.24) is 0 Å². The minimum Gasteiger partial charge on any atom is -0.494 e. The maximum atomic E-state index is 12.5. The topological polar surface area (TPSA) is 81.7 Å². The van der Waals surface area contributed by atoms with Crippen LogP contribution in [0.2, 0.25) is 0 Å². The second-order valence-corrected chi connectivity index (χ2v) is 7.71. The summed E-state index contributed by atoms with van der Waals surface area (Å²) in [5.74, 6) is -0.353. The van der Waals surface area contributed by atoms with Crippen molar-refractivity contribution < 1.29 is 23.9 Å². The van der Waals surface area contributed by atoms with Crippen LogP contribution in [0.15, 0.2) is 47.4 Å². The second kappa shape index (κ2) is 8.48. The Labute approximate surface area is 167 Å². The third-order valence-electron chi connectivity index (χ3n) is 4.25. The van der Waals surface area contributed by atoms with Crippen LogP contribution < -0.4 is 10.1 Å². The fourth-order valence-corrected chi connectivity index (χ4v) is 3.67. The Morgan fingerprint density at radius 1 is 1.14 bits per heavy atom. The molecular formula is C21H21NO5S. The first-order chi connectivity index (χ1) is 13.4. The number of anilines is 1. The van der Waals surface area contributed by atoms with E-state index in [1.807, 2.05) is 13.8 Å². The lowest BCUT2D eigenvalue weighted by molar-refractivity contribution is -0.115. The summed E-state index contributed by atoms with van der Waals surface area (Å²) in [7, 11) is 0. The Bertz CT molecular complexity index is 910. The van der Waals surface area contributed by atoms with E-state index in [1.54, 1.807) is 42.5 Å². The van der Waals surface area contributed by atoms with Crippen molar-refractivity contribution in [2.75, 3.05) is 11.9 Å². The summed E-state index contributed by atoms with van der Waals surface area (Å²) in [4.78, 5) is 37.7. The number of hydrogen-bond donors (Lipinski definition) is 1. The van der Waals surface area contributed by atoms with Crippen LogP contribution in [0.3, 0.4) is 0 Å². The maximum Gasteiger partial charge on any atom is 0.338 e. The van der Waals surface area contributed by atoms with Gasteiger partial charge in [0.1, 0.15) is 5.75 Å². The average molecular weight is 399 g/mol. The van der Waals surface area contributed by atoms with Crippen molar-refractivity contribution in [2.24, 2.45) is 0 Å². The molecule has 0 aromatic heterocycles. The van der Waals surface area contributed by atoms with Crippen LogP contribution in [0.5, 0.6) is 5.75 Å². The van der Waals surface area contributed by atoms with E-state index in [2.05, 4.69) is 5.32 Å². The average Bonchev–Trinajstić information content (AvgIpc) is 2.68. The van der Waals surface area contributed by atoms with E-state index in [-0.39, 0.29) is 22.5 Å². The number of rotatable bonds is 6. The molecule has 0 unspecified atom stereocenters. The molecule has 2 atom stereocenters. The van der Waals surface area contributed by atoms with Gasteiger partial charge in [-0.3, -0.25) is 9.59 Å². The van der Waals surface area contributed by atoms with Crippen LogP contribution in [0.25, 0.3) is 0 Å². The first kappa shape index (κ1) is 19.9. The Morgan fingerprint density at radius 2 is 1.82 bits per heavy atom. The van der Waals surface area contributed by atoms with Crippen molar-refractivity contribution in [3.05, 3.63) is 53.6 Å². The summed E-state index contributed by atoms with van der Waals surface area (Å²) in [6.07, 6.45) is -0.939. The molecule has 1 aliphatic rings. The highest BCUT2D eigenvalue weighted by Gasteiger charge is 2.25. The Hall–Kier alpha value is -2.80. The number of thioether (sulfide) groups is 1. The molecule has 2 aromatic rings. The Kier molecular flexibility index (Phi) is 6.04. The number of fused-ring (bicyclic) bond motifs is 1. The van der Waals surface area contributed by atoms with Crippen molar-refractivity contribution in [2.45, 2.75) is 37.0 Å². The first-order valence-electron chi connectivity index (χ1n) is 8.98. The third-order valence-corrected chi connectivity index (χ3v) is 5.43. The molecule has 0 bridgehead atoms. The number of hydrogen-bond acceptors (Lipinski definition) is 6. The van der Waals surface area contributed by atoms with Gasteiger partial charge in [0.15, 0.2) is 6.10 Å². The van der Waals surface area contributed by atoms with E-state index in [4.69, 9.17) is 9.47 Å². The molecule has 6 nitrogen and oxygen atoms in total. The first-order valence-corrected chi connectivity index (χ1v) is 9.86. The number of Topliss-reactive ketones (excluding diaryl/α,β-unsaturated/α-hetero) is 1. The lowest BCUT2D eigenvalue weighted by Crippen LogP contribution is -2.27. The highest BCUT2D eigenvalue weighted by atomic mass is 32.2. The van der Waals surface area contributed by atoms with Gasteiger partial charge in [0.2, 0.25) is 11.7 Å². The SMILES string of the molecule is CCOc1ccc(C(=O)[C@@H](C)OC(=O)c2ccc3c(c2)NC(=O)[C@H](C)S3)cc1. The summed E-state index contributed by atoms with van der Waals surface area (Å²) >= 11 is 1.43. The van der Waals surface area contributed by atoms with Crippen molar-refractivity contribution in [3.63, 3.8) is 0 Å². The van der Waals surface area contributed by atoms with Gasteiger partial charge >= 0.3 is 5.97 Å². The Balaban J connectivity index is 1.67. The maximum absolute atomic E-state index is 12.5. The van der Waals surface area contributed by atoms with Gasteiger partial charge in [0.25, 0.3) is 0 Å². The molecule has 0 saturated heterocycles. The molecular weight excluding hydrogens is 378 g/mol. The van der Waals surface area contributed by atoms with E-state index in [9.17, 15) is 14.4 Å². The molecule has 1 N–H and O–H groups in total. The zero-order chi connectivity index (χ0) is 20.3. The van der Waals surface area contributed by atoms with E-state index in [0.29, 0.717) is 23.6 Å². The van der Waals surface area contributed by atoms with Crippen LogP contribution in [0.1, 0.15) is 41.5 Å². The van der Waals surface area contributed by atoms with Gasteiger partial charge in [-0.25, -0.2) is 4.79 Å². The quantitative estimate of drug-likeness (QED) is 0.585. The van der Waals surface area contributed by atoms with Gasteiger partial charge in [-0.05, 0) is 63.2 Å². The molecule has 1 aliphatic heterocycles. The van der Waals surface area contributed by atoms with Gasteiger partial charge in [-0.2, -0.15) is 0 Å². The fourth-order valence-electron chi connectivity index (χ4n) is 2.73. The zero-order valence-electron chi connectivity index (χ0n) is 15.9. The van der Waals surface area contributed by atoms with Gasteiger partial charge < -0.3 is 14.8 Å². The van der Waals surface area contributed by atoms with Gasteiger partial charge in [0.05, 0.1) is 23.1 Å². The van der Waals surface area contributed by atoms with E-state index in [0.717, 1.165) is 4.90 Å². The molecule has 1 amide bonds. The molecule has 0 fully saturated rings. The van der Waals surface area contributed by atoms with E-state index < -0.39 is 12.1 Å². The number of nitrogens with one attached hydrogen (secondary N) is 1. The van der Waals surface area contributed by atoms with E-state index in [1.165, 1.54) is 18.7 Å². The largest absolute Gasteiger partial charge is 0.494 e. The molecule has 1 heterocycles. The molecule has 2 aromatic carbocycles. The molecule has 0 spiro atoms. The predicted octanol–water partition coefficient (Wildman–Crippen LogP) is 3.95. The molecule has 7 heteroatoms.